The first-order valence-corrected chi connectivity index (χ1v) is 7.80. The monoisotopic (exact) mass is 286 g/mol. The van der Waals surface area contributed by atoms with Crippen LogP contribution in [-0.2, 0) is 10.0 Å². The standard InChI is InChI=1S/C13H22N2O3S/c1-4-13(16,5-2)9-15-19(17,18)12-7-6-10(3)8-11(12)14/h6-8,15-16H,4-5,9,14H2,1-3H3. The van der Waals surface area contributed by atoms with Crippen molar-refractivity contribution in [2.75, 3.05) is 12.3 Å². The van der Waals surface area contributed by atoms with Crippen molar-refractivity contribution in [2.24, 2.45) is 0 Å². The summed E-state index contributed by atoms with van der Waals surface area (Å²) in [5.74, 6) is 0. The average Bonchev–Trinajstić information content (AvgIpc) is 2.35. The van der Waals surface area contributed by atoms with E-state index in [1.807, 2.05) is 20.8 Å². The van der Waals surface area contributed by atoms with Crippen LogP contribution in [0.1, 0.15) is 32.3 Å². The van der Waals surface area contributed by atoms with Gasteiger partial charge < -0.3 is 10.8 Å². The zero-order valence-electron chi connectivity index (χ0n) is 11.6. The molecule has 1 aromatic carbocycles. The van der Waals surface area contributed by atoms with E-state index >= 15 is 0 Å². The second-order valence-corrected chi connectivity index (χ2v) is 6.53. The molecule has 0 unspecified atom stereocenters. The number of aliphatic hydroxyl groups is 1. The Balaban J connectivity index is 2.93. The van der Waals surface area contributed by atoms with E-state index in [1.165, 1.54) is 6.07 Å². The lowest BCUT2D eigenvalue weighted by molar-refractivity contribution is 0.0377. The molecule has 0 aliphatic carbocycles. The molecule has 0 spiro atoms. The second-order valence-electron chi connectivity index (χ2n) is 4.80. The van der Waals surface area contributed by atoms with Gasteiger partial charge in [0.25, 0.3) is 0 Å². The molecule has 0 saturated heterocycles. The summed E-state index contributed by atoms with van der Waals surface area (Å²) in [6, 6.07) is 4.78. The second kappa shape index (κ2) is 5.90. The summed E-state index contributed by atoms with van der Waals surface area (Å²) in [5.41, 5.74) is 5.82. The Morgan fingerprint density at radius 3 is 2.37 bits per heavy atom. The third-order valence-electron chi connectivity index (χ3n) is 3.36. The number of sulfonamides is 1. The highest BCUT2D eigenvalue weighted by atomic mass is 32.2. The van der Waals surface area contributed by atoms with E-state index in [2.05, 4.69) is 4.72 Å². The van der Waals surface area contributed by atoms with Crippen LogP contribution < -0.4 is 10.5 Å². The highest BCUT2D eigenvalue weighted by Crippen LogP contribution is 2.20. The average molecular weight is 286 g/mol. The van der Waals surface area contributed by atoms with Crippen LogP contribution in [0.15, 0.2) is 23.1 Å². The smallest absolute Gasteiger partial charge is 0.242 e. The molecule has 6 heteroatoms. The number of rotatable bonds is 6. The Morgan fingerprint density at radius 1 is 1.32 bits per heavy atom. The fourth-order valence-corrected chi connectivity index (χ4v) is 2.95. The van der Waals surface area contributed by atoms with Gasteiger partial charge in [-0.25, -0.2) is 13.1 Å². The molecule has 0 aromatic heterocycles. The van der Waals surface area contributed by atoms with E-state index in [9.17, 15) is 13.5 Å². The van der Waals surface area contributed by atoms with Crippen molar-refractivity contribution in [3.05, 3.63) is 23.8 Å². The largest absolute Gasteiger partial charge is 0.398 e. The van der Waals surface area contributed by atoms with Gasteiger partial charge in [-0.15, -0.1) is 0 Å². The summed E-state index contributed by atoms with van der Waals surface area (Å²) in [4.78, 5) is 0.0488. The Kier molecular flexibility index (Phi) is 4.95. The van der Waals surface area contributed by atoms with Crippen LogP contribution in [0.2, 0.25) is 0 Å². The van der Waals surface area contributed by atoms with Crippen molar-refractivity contribution in [3.63, 3.8) is 0 Å². The molecule has 1 rings (SSSR count). The van der Waals surface area contributed by atoms with Crippen molar-refractivity contribution in [1.29, 1.82) is 0 Å². The van der Waals surface area contributed by atoms with Crippen molar-refractivity contribution in [1.82, 2.24) is 4.72 Å². The molecule has 0 saturated carbocycles. The van der Waals surface area contributed by atoms with Gasteiger partial charge in [0.05, 0.1) is 11.3 Å². The summed E-state index contributed by atoms with van der Waals surface area (Å²) in [6.45, 7) is 5.46. The minimum Gasteiger partial charge on any atom is -0.398 e. The molecule has 0 atom stereocenters. The summed E-state index contributed by atoms with van der Waals surface area (Å²) < 4.78 is 26.7. The quantitative estimate of drug-likeness (QED) is 0.689. The van der Waals surface area contributed by atoms with Gasteiger partial charge in [-0.3, -0.25) is 0 Å². The van der Waals surface area contributed by atoms with Crippen LogP contribution in [0.4, 0.5) is 5.69 Å². The minimum absolute atomic E-state index is 0.0182. The summed E-state index contributed by atoms with van der Waals surface area (Å²) in [5, 5.41) is 10.1. The van der Waals surface area contributed by atoms with Gasteiger partial charge in [0.15, 0.2) is 0 Å². The van der Waals surface area contributed by atoms with Crippen molar-refractivity contribution in [2.45, 2.75) is 44.1 Å². The van der Waals surface area contributed by atoms with Crippen LogP contribution in [-0.4, -0.2) is 25.7 Å². The van der Waals surface area contributed by atoms with E-state index in [-0.39, 0.29) is 17.1 Å². The van der Waals surface area contributed by atoms with Gasteiger partial charge >= 0.3 is 0 Å². The van der Waals surface area contributed by atoms with Gasteiger partial charge in [-0.05, 0) is 37.5 Å². The minimum atomic E-state index is -3.70. The highest BCUT2D eigenvalue weighted by Gasteiger charge is 2.26. The van der Waals surface area contributed by atoms with Gasteiger partial charge in [-0.2, -0.15) is 0 Å². The normalized spacial score (nSPS) is 12.6. The maximum absolute atomic E-state index is 12.1. The first-order valence-electron chi connectivity index (χ1n) is 6.32. The zero-order chi connectivity index (χ0) is 14.7. The van der Waals surface area contributed by atoms with E-state index in [0.29, 0.717) is 12.8 Å². The Bertz CT molecular complexity index is 537. The molecule has 0 amide bonds. The van der Waals surface area contributed by atoms with Crippen molar-refractivity contribution in [3.8, 4) is 0 Å². The van der Waals surface area contributed by atoms with Crippen LogP contribution in [0.25, 0.3) is 0 Å². The van der Waals surface area contributed by atoms with Gasteiger partial charge in [-0.1, -0.05) is 19.9 Å². The molecule has 108 valence electrons. The predicted octanol–water partition coefficient (Wildman–Crippen LogP) is 1.41. The van der Waals surface area contributed by atoms with Gasteiger partial charge in [0.1, 0.15) is 4.90 Å². The molecule has 0 heterocycles. The summed E-state index contributed by atoms with van der Waals surface area (Å²) in [6.07, 6.45) is 0.963. The summed E-state index contributed by atoms with van der Waals surface area (Å²) >= 11 is 0. The lowest BCUT2D eigenvalue weighted by Gasteiger charge is -2.25. The van der Waals surface area contributed by atoms with Crippen LogP contribution in [0.3, 0.4) is 0 Å². The SMILES string of the molecule is CCC(O)(CC)CNS(=O)(=O)c1ccc(C)cc1N. The van der Waals surface area contributed by atoms with Crippen LogP contribution in [0.5, 0.6) is 0 Å². The fraction of sp³-hybridized carbons (Fsp3) is 0.538. The Morgan fingerprint density at radius 2 is 1.89 bits per heavy atom. The third kappa shape index (κ3) is 3.92. The molecule has 5 nitrogen and oxygen atoms in total. The maximum Gasteiger partial charge on any atom is 0.242 e. The number of nitrogens with two attached hydrogens (primary N) is 1. The van der Waals surface area contributed by atoms with E-state index in [1.54, 1.807) is 12.1 Å². The number of benzene rings is 1. The Hall–Kier alpha value is -1.11. The molecule has 4 N–H and O–H groups in total. The third-order valence-corrected chi connectivity index (χ3v) is 4.84. The summed E-state index contributed by atoms with van der Waals surface area (Å²) in [7, 11) is -3.70. The van der Waals surface area contributed by atoms with E-state index < -0.39 is 15.6 Å². The molecule has 0 fully saturated rings. The van der Waals surface area contributed by atoms with Gasteiger partial charge in [0, 0.05) is 6.54 Å². The number of anilines is 1. The lowest BCUT2D eigenvalue weighted by atomic mass is 9.98. The van der Waals surface area contributed by atoms with Crippen LogP contribution in [0, 0.1) is 6.92 Å². The molecule has 19 heavy (non-hydrogen) atoms. The Labute approximate surface area is 114 Å². The molecule has 0 aliphatic rings. The van der Waals surface area contributed by atoms with E-state index in [0.717, 1.165) is 5.56 Å². The first-order chi connectivity index (χ1) is 8.74. The topological polar surface area (TPSA) is 92.4 Å². The molecule has 1 aromatic rings. The predicted molar refractivity (Wildman–Crippen MR) is 76.3 cm³/mol. The molecule has 0 aliphatic heterocycles. The van der Waals surface area contributed by atoms with Crippen molar-refractivity contribution < 1.29 is 13.5 Å². The molecular weight excluding hydrogens is 264 g/mol. The number of hydrogen-bond donors (Lipinski definition) is 3. The number of nitrogens with one attached hydrogen (secondary N) is 1. The highest BCUT2D eigenvalue weighted by molar-refractivity contribution is 7.89. The fourth-order valence-electron chi connectivity index (χ4n) is 1.72. The molecule has 0 bridgehead atoms. The number of hydrogen-bond acceptors (Lipinski definition) is 4. The zero-order valence-corrected chi connectivity index (χ0v) is 12.4. The van der Waals surface area contributed by atoms with Gasteiger partial charge in [0.2, 0.25) is 10.0 Å². The van der Waals surface area contributed by atoms with Crippen LogP contribution >= 0.6 is 0 Å². The van der Waals surface area contributed by atoms with E-state index in [4.69, 9.17) is 5.73 Å². The number of nitrogen functional groups attached to an aromatic ring is 1. The molecular formula is C13H22N2O3S. The first kappa shape index (κ1) is 15.9. The number of aryl methyl sites for hydroxylation is 1. The molecule has 0 radical (unpaired) electrons. The lowest BCUT2D eigenvalue weighted by Crippen LogP contribution is -2.42. The maximum atomic E-state index is 12.1. The van der Waals surface area contributed by atoms with Crippen molar-refractivity contribution >= 4 is 15.7 Å².